The van der Waals surface area contributed by atoms with Crippen LogP contribution in [0, 0.1) is 10.1 Å². The third-order valence-corrected chi connectivity index (χ3v) is 4.13. The van der Waals surface area contributed by atoms with Crippen LogP contribution in [0.3, 0.4) is 0 Å². The number of sulfonamides is 1. The number of para-hydroxylation sites is 1. The Hall–Kier alpha value is -1.55. The van der Waals surface area contributed by atoms with Gasteiger partial charge in [0, 0.05) is 11.6 Å². The monoisotopic (exact) mass is 304 g/mol. The highest BCUT2D eigenvalue weighted by atomic mass is 32.2. The molecule has 1 aromatic carbocycles. The van der Waals surface area contributed by atoms with Gasteiger partial charge in [-0.05, 0) is 6.92 Å². The second kappa shape index (κ2) is 6.27. The van der Waals surface area contributed by atoms with Crippen molar-refractivity contribution in [2.75, 3.05) is 13.2 Å². The van der Waals surface area contributed by atoms with Crippen LogP contribution in [0.15, 0.2) is 24.3 Å². The predicted octanol–water partition coefficient (Wildman–Crippen LogP) is -0.242. The fourth-order valence-electron chi connectivity index (χ4n) is 1.54. The van der Waals surface area contributed by atoms with Gasteiger partial charge in [-0.2, -0.15) is 0 Å². The van der Waals surface area contributed by atoms with E-state index < -0.39 is 39.5 Å². The summed E-state index contributed by atoms with van der Waals surface area (Å²) in [6.07, 6.45) is 0. The fraction of sp³-hybridized carbons (Fsp3) is 0.455. The number of hydrogen-bond acceptors (Lipinski definition) is 6. The van der Waals surface area contributed by atoms with E-state index in [1.807, 2.05) is 0 Å². The van der Waals surface area contributed by atoms with Crippen molar-refractivity contribution in [3.8, 4) is 0 Å². The van der Waals surface area contributed by atoms with Gasteiger partial charge in [-0.15, -0.1) is 0 Å². The van der Waals surface area contributed by atoms with Gasteiger partial charge in [0.05, 0.1) is 29.4 Å². The Kier molecular flexibility index (Phi) is 5.17. The van der Waals surface area contributed by atoms with Gasteiger partial charge in [0.15, 0.2) is 0 Å². The molecule has 0 heterocycles. The van der Waals surface area contributed by atoms with Crippen molar-refractivity contribution in [2.24, 2.45) is 0 Å². The molecule has 1 aromatic rings. The first kappa shape index (κ1) is 16.5. The molecule has 0 spiro atoms. The number of rotatable bonds is 7. The van der Waals surface area contributed by atoms with Gasteiger partial charge in [0.2, 0.25) is 10.0 Å². The van der Waals surface area contributed by atoms with Crippen LogP contribution in [0.5, 0.6) is 0 Å². The number of nitrogens with one attached hydrogen (secondary N) is 1. The minimum Gasteiger partial charge on any atom is -0.394 e. The van der Waals surface area contributed by atoms with E-state index in [-0.39, 0.29) is 11.3 Å². The van der Waals surface area contributed by atoms with Crippen LogP contribution in [-0.4, -0.2) is 42.3 Å². The Labute approximate surface area is 116 Å². The lowest BCUT2D eigenvalue weighted by atomic mass is 10.1. The molecule has 0 bridgehead atoms. The zero-order valence-electron chi connectivity index (χ0n) is 10.8. The van der Waals surface area contributed by atoms with E-state index in [1.54, 1.807) is 0 Å². The van der Waals surface area contributed by atoms with Crippen LogP contribution in [0.25, 0.3) is 0 Å². The molecular formula is C11H16N2O6S. The molecule has 112 valence electrons. The van der Waals surface area contributed by atoms with Gasteiger partial charge in [0.1, 0.15) is 0 Å². The van der Waals surface area contributed by atoms with Crippen LogP contribution in [-0.2, 0) is 15.8 Å². The molecule has 0 unspecified atom stereocenters. The molecule has 0 aromatic heterocycles. The Morgan fingerprint density at radius 1 is 1.30 bits per heavy atom. The van der Waals surface area contributed by atoms with E-state index in [9.17, 15) is 18.5 Å². The lowest BCUT2D eigenvalue weighted by molar-refractivity contribution is -0.385. The summed E-state index contributed by atoms with van der Waals surface area (Å²) in [5.74, 6) is -0.611. The number of nitro benzene ring substituents is 1. The van der Waals surface area contributed by atoms with Crippen LogP contribution >= 0.6 is 0 Å². The average Bonchev–Trinajstić information content (AvgIpc) is 2.37. The molecular weight excluding hydrogens is 288 g/mol. The highest BCUT2D eigenvalue weighted by Crippen LogP contribution is 2.20. The highest BCUT2D eigenvalue weighted by Gasteiger charge is 2.30. The largest absolute Gasteiger partial charge is 0.394 e. The second-order valence-corrected chi connectivity index (χ2v) is 6.35. The van der Waals surface area contributed by atoms with E-state index in [0.29, 0.717) is 0 Å². The Bertz CT molecular complexity index is 582. The molecule has 20 heavy (non-hydrogen) atoms. The second-order valence-electron chi connectivity index (χ2n) is 4.62. The quantitative estimate of drug-likeness (QED) is 0.471. The van der Waals surface area contributed by atoms with Crippen molar-refractivity contribution in [3.63, 3.8) is 0 Å². The molecule has 0 radical (unpaired) electrons. The normalized spacial score (nSPS) is 12.3. The molecule has 9 heteroatoms. The van der Waals surface area contributed by atoms with Gasteiger partial charge in [0.25, 0.3) is 5.69 Å². The van der Waals surface area contributed by atoms with E-state index in [2.05, 4.69) is 4.72 Å². The molecule has 3 N–H and O–H groups in total. The van der Waals surface area contributed by atoms with Crippen molar-refractivity contribution in [1.82, 2.24) is 4.72 Å². The van der Waals surface area contributed by atoms with Crippen LogP contribution in [0.4, 0.5) is 5.69 Å². The number of benzene rings is 1. The molecule has 0 aliphatic heterocycles. The Morgan fingerprint density at radius 3 is 2.35 bits per heavy atom. The summed E-state index contributed by atoms with van der Waals surface area (Å²) in [5, 5.41) is 28.9. The topological polar surface area (TPSA) is 130 Å². The zero-order valence-corrected chi connectivity index (χ0v) is 11.6. The van der Waals surface area contributed by atoms with Crippen molar-refractivity contribution < 1.29 is 23.6 Å². The van der Waals surface area contributed by atoms with Gasteiger partial charge in [-0.3, -0.25) is 10.1 Å². The molecule has 0 saturated carbocycles. The lowest BCUT2D eigenvalue weighted by Gasteiger charge is -2.25. The summed E-state index contributed by atoms with van der Waals surface area (Å²) in [6, 6.07) is 5.48. The third kappa shape index (κ3) is 4.23. The summed E-state index contributed by atoms with van der Waals surface area (Å²) >= 11 is 0. The van der Waals surface area contributed by atoms with Gasteiger partial charge < -0.3 is 10.2 Å². The van der Waals surface area contributed by atoms with Gasteiger partial charge in [-0.1, -0.05) is 18.2 Å². The van der Waals surface area contributed by atoms with E-state index in [1.165, 1.54) is 31.2 Å². The Balaban J connectivity index is 3.01. The smallest absolute Gasteiger partial charge is 0.273 e. The van der Waals surface area contributed by atoms with Crippen LogP contribution < -0.4 is 4.72 Å². The van der Waals surface area contributed by atoms with Crippen molar-refractivity contribution >= 4 is 15.7 Å². The first-order chi connectivity index (χ1) is 9.23. The molecule has 0 fully saturated rings. The Morgan fingerprint density at radius 2 is 1.85 bits per heavy atom. The average molecular weight is 304 g/mol. The summed E-state index contributed by atoms with van der Waals surface area (Å²) in [7, 11) is -3.95. The van der Waals surface area contributed by atoms with Crippen LogP contribution in [0.1, 0.15) is 12.5 Å². The maximum Gasteiger partial charge on any atom is 0.273 e. The number of nitro groups is 1. The maximum absolute atomic E-state index is 12.0. The van der Waals surface area contributed by atoms with E-state index >= 15 is 0 Å². The molecule has 0 amide bonds. The minimum absolute atomic E-state index is 0.0308. The van der Waals surface area contributed by atoms with Crippen LogP contribution in [0.2, 0.25) is 0 Å². The number of aliphatic hydroxyl groups excluding tert-OH is 2. The molecule has 0 atom stereocenters. The molecule has 0 saturated heterocycles. The van der Waals surface area contributed by atoms with Gasteiger partial charge in [-0.25, -0.2) is 13.1 Å². The summed E-state index contributed by atoms with van der Waals surface area (Å²) in [6.45, 7) is 0.128. The fourth-order valence-corrected chi connectivity index (χ4v) is 3.15. The standard InChI is InChI=1S/C11H16N2O6S/c1-11(7-14,8-15)12-20(18,19)6-9-4-2-3-5-10(9)13(16)17/h2-5,12,14-15H,6-8H2,1H3. The predicted molar refractivity (Wildman–Crippen MR) is 71.4 cm³/mol. The van der Waals surface area contributed by atoms with E-state index in [0.717, 1.165) is 0 Å². The number of aliphatic hydroxyl groups is 2. The third-order valence-electron chi connectivity index (χ3n) is 2.63. The molecule has 0 aliphatic rings. The SMILES string of the molecule is CC(CO)(CO)NS(=O)(=O)Cc1ccccc1[N+](=O)[O-]. The maximum atomic E-state index is 12.0. The molecule has 1 rings (SSSR count). The van der Waals surface area contributed by atoms with Crippen molar-refractivity contribution in [1.29, 1.82) is 0 Å². The summed E-state index contributed by atoms with van der Waals surface area (Å²) in [5.41, 5.74) is -1.68. The number of hydrogen-bond donors (Lipinski definition) is 3. The van der Waals surface area contributed by atoms with Crippen molar-refractivity contribution in [3.05, 3.63) is 39.9 Å². The van der Waals surface area contributed by atoms with Crippen molar-refractivity contribution in [2.45, 2.75) is 18.2 Å². The molecule has 8 nitrogen and oxygen atoms in total. The number of nitrogens with zero attached hydrogens (tertiary/aromatic N) is 1. The summed E-state index contributed by atoms with van der Waals surface area (Å²) < 4.78 is 26.0. The van der Waals surface area contributed by atoms with Gasteiger partial charge >= 0.3 is 0 Å². The molecule has 0 aliphatic carbocycles. The first-order valence-electron chi connectivity index (χ1n) is 5.69. The van der Waals surface area contributed by atoms with E-state index in [4.69, 9.17) is 10.2 Å². The minimum atomic E-state index is -3.95. The summed E-state index contributed by atoms with van der Waals surface area (Å²) in [4.78, 5) is 10.2. The lowest BCUT2D eigenvalue weighted by Crippen LogP contribution is -2.51. The zero-order chi connectivity index (χ0) is 15.4. The highest BCUT2D eigenvalue weighted by molar-refractivity contribution is 7.88. The first-order valence-corrected chi connectivity index (χ1v) is 7.34.